The summed E-state index contributed by atoms with van der Waals surface area (Å²) in [6.07, 6.45) is 1.26. The molecule has 3 aromatic rings. The van der Waals surface area contributed by atoms with Crippen LogP contribution in [0.1, 0.15) is 34.3 Å². The molecule has 9 nitrogen and oxygen atoms in total. The fourth-order valence-corrected chi connectivity index (χ4v) is 5.34. The van der Waals surface area contributed by atoms with Crippen molar-refractivity contribution in [1.29, 1.82) is 0 Å². The SMILES string of the molecule is Cc1cccc(C(=O)Nc2nnc(S(=O)(=O)Nc3ccc(C)c(N4CCCC4=O)c3)s2)c1. The van der Waals surface area contributed by atoms with Gasteiger partial charge in [0.2, 0.25) is 11.0 Å². The third kappa shape index (κ3) is 4.63. The van der Waals surface area contributed by atoms with Crippen LogP contribution in [0.25, 0.3) is 0 Å². The van der Waals surface area contributed by atoms with Gasteiger partial charge in [-0.25, -0.2) is 0 Å². The number of benzene rings is 2. The van der Waals surface area contributed by atoms with E-state index in [-0.39, 0.29) is 15.4 Å². The molecule has 32 heavy (non-hydrogen) atoms. The van der Waals surface area contributed by atoms with E-state index >= 15 is 0 Å². The average molecular weight is 472 g/mol. The number of nitrogens with one attached hydrogen (secondary N) is 2. The minimum absolute atomic E-state index is 0.0197. The third-order valence-corrected chi connectivity index (χ3v) is 7.55. The smallest absolute Gasteiger partial charge is 0.291 e. The minimum Gasteiger partial charge on any atom is -0.312 e. The summed E-state index contributed by atoms with van der Waals surface area (Å²) in [7, 11) is -4.03. The van der Waals surface area contributed by atoms with Crippen molar-refractivity contribution in [2.45, 2.75) is 31.0 Å². The summed E-state index contributed by atoms with van der Waals surface area (Å²) >= 11 is 0.750. The Hall–Kier alpha value is -3.31. The average Bonchev–Trinajstić information content (AvgIpc) is 3.39. The van der Waals surface area contributed by atoms with Crippen LogP contribution in [-0.2, 0) is 14.8 Å². The van der Waals surface area contributed by atoms with E-state index in [1.54, 1.807) is 41.3 Å². The van der Waals surface area contributed by atoms with Gasteiger partial charge in [-0.3, -0.25) is 19.6 Å². The Balaban J connectivity index is 1.51. The first-order valence-corrected chi connectivity index (χ1v) is 12.2. The van der Waals surface area contributed by atoms with Gasteiger partial charge in [-0.1, -0.05) is 35.1 Å². The number of anilines is 3. The van der Waals surface area contributed by atoms with Crippen LogP contribution in [0.2, 0.25) is 0 Å². The summed E-state index contributed by atoms with van der Waals surface area (Å²) in [6.45, 7) is 4.34. The Bertz CT molecular complexity index is 1300. The Morgan fingerprint density at radius 2 is 1.94 bits per heavy atom. The van der Waals surface area contributed by atoms with Crippen LogP contribution >= 0.6 is 11.3 Å². The quantitative estimate of drug-likeness (QED) is 0.532. The van der Waals surface area contributed by atoms with Crippen molar-refractivity contribution >= 4 is 49.7 Å². The van der Waals surface area contributed by atoms with Gasteiger partial charge in [-0.2, -0.15) is 8.42 Å². The number of nitrogens with zero attached hydrogens (tertiary/aromatic N) is 3. The van der Waals surface area contributed by atoms with E-state index in [9.17, 15) is 18.0 Å². The normalized spacial score (nSPS) is 13.9. The molecule has 0 saturated carbocycles. The van der Waals surface area contributed by atoms with Crippen LogP contribution in [0.5, 0.6) is 0 Å². The highest BCUT2D eigenvalue weighted by Crippen LogP contribution is 2.30. The summed E-state index contributed by atoms with van der Waals surface area (Å²) in [5, 5.41) is 10.1. The van der Waals surface area contributed by atoms with E-state index < -0.39 is 15.9 Å². The monoisotopic (exact) mass is 471 g/mol. The molecule has 2 N–H and O–H groups in total. The van der Waals surface area contributed by atoms with E-state index in [1.807, 2.05) is 19.9 Å². The van der Waals surface area contributed by atoms with E-state index in [0.717, 1.165) is 28.9 Å². The highest BCUT2D eigenvalue weighted by atomic mass is 32.2. The second-order valence-corrected chi connectivity index (χ2v) is 10.3. The van der Waals surface area contributed by atoms with E-state index in [4.69, 9.17) is 0 Å². The van der Waals surface area contributed by atoms with Crippen LogP contribution in [0.3, 0.4) is 0 Å². The van der Waals surface area contributed by atoms with Crippen molar-refractivity contribution in [3.05, 3.63) is 59.2 Å². The zero-order chi connectivity index (χ0) is 22.9. The Labute approximate surface area is 189 Å². The molecule has 166 valence electrons. The number of aromatic nitrogens is 2. The molecular weight excluding hydrogens is 450 g/mol. The molecule has 0 unspecified atom stereocenters. The van der Waals surface area contributed by atoms with Gasteiger partial charge in [0, 0.05) is 24.2 Å². The molecule has 2 heterocycles. The number of rotatable bonds is 6. The van der Waals surface area contributed by atoms with Gasteiger partial charge >= 0.3 is 0 Å². The second-order valence-electron chi connectivity index (χ2n) is 7.45. The first-order chi connectivity index (χ1) is 15.2. The van der Waals surface area contributed by atoms with Crippen molar-refractivity contribution in [3.63, 3.8) is 0 Å². The summed E-state index contributed by atoms with van der Waals surface area (Å²) in [5.41, 5.74) is 3.23. The Kier molecular flexibility index (Phi) is 5.94. The fraction of sp³-hybridized carbons (Fsp3) is 0.238. The summed E-state index contributed by atoms with van der Waals surface area (Å²) in [5.74, 6) is -0.383. The number of hydrogen-bond acceptors (Lipinski definition) is 7. The summed E-state index contributed by atoms with van der Waals surface area (Å²) < 4.78 is 27.8. The van der Waals surface area contributed by atoms with Gasteiger partial charge in [0.15, 0.2) is 0 Å². The van der Waals surface area contributed by atoms with Gasteiger partial charge in [0.25, 0.3) is 20.3 Å². The lowest BCUT2D eigenvalue weighted by atomic mass is 10.1. The molecule has 0 bridgehead atoms. The molecule has 2 aromatic carbocycles. The Morgan fingerprint density at radius 3 is 2.66 bits per heavy atom. The van der Waals surface area contributed by atoms with Crippen LogP contribution in [0.15, 0.2) is 46.8 Å². The van der Waals surface area contributed by atoms with Crippen molar-refractivity contribution in [1.82, 2.24) is 10.2 Å². The van der Waals surface area contributed by atoms with Crippen molar-refractivity contribution in [2.75, 3.05) is 21.5 Å². The molecule has 0 spiro atoms. The van der Waals surface area contributed by atoms with Crippen LogP contribution in [-0.4, -0.2) is 37.0 Å². The maximum absolute atomic E-state index is 12.8. The first kappa shape index (κ1) is 21.9. The molecule has 4 rings (SSSR count). The number of aryl methyl sites for hydroxylation is 2. The summed E-state index contributed by atoms with van der Waals surface area (Å²) in [6, 6.07) is 12.0. The highest BCUT2D eigenvalue weighted by Gasteiger charge is 2.25. The standard InChI is InChI=1S/C21H21N5O4S2/c1-13-5-3-6-15(11-13)19(28)22-20-23-24-21(31-20)32(29,30)25-16-9-8-14(2)17(12-16)26-10-4-7-18(26)27/h3,5-6,8-9,11-12,25H,4,7,10H2,1-2H3,(H,22,23,28). The molecule has 1 aromatic heterocycles. The lowest BCUT2D eigenvalue weighted by Gasteiger charge is -2.19. The first-order valence-electron chi connectivity index (χ1n) is 9.88. The van der Waals surface area contributed by atoms with Gasteiger partial charge in [0.1, 0.15) is 0 Å². The molecular formula is C21H21N5O4S2. The summed E-state index contributed by atoms with van der Waals surface area (Å²) in [4.78, 5) is 26.1. The molecule has 1 aliphatic heterocycles. The van der Waals surface area contributed by atoms with Gasteiger partial charge in [-0.15, -0.1) is 10.2 Å². The van der Waals surface area contributed by atoms with Crippen LogP contribution < -0.4 is 14.9 Å². The topological polar surface area (TPSA) is 121 Å². The number of carbonyl (C=O) groups is 2. The van der Waals surface area contributed by atoms with Gasteiger partial charge in [-0.05, 0) is 50.1 Å². The lowest BCUT2D eigenvalue weighted by molar-refractivity contribution is -0.117. The van der Waals surface area contributed by atoms with E-state index in [0.29, 0.717) is 29.9 Å². The van der Waals surface area contributed by atoms with Crippen LogP contribution in [0, 0.1) is 13.8 Å². The van der Waals surface area contributed by atoms with Gasteiger partial charge in [0.05, 0.1) is 5.69 Å². The van der Waals surface area contributed by atoms with Crippen LogP contribution in [0.4, 0.5) is 16.5 Å². The Morgan fingerprint density at radius 1 is 1.12 bits per heavy atom. The van der Waals surface area contributed by atoms with E-state index in [2.05, 4.69) is 20.2 Å². The van der Waals surface area contributed by atoms with Crippen molar-refractivity contribution in [3.8, 4) is 0 Å². The fourth-order valence-electron chi connectivity index (χ4n) is 3.39. The van der Waals surface area contributed by atoms with Crippen molar-refractivity contribution < 1.29 is 18.0 Å². The molecule has 0 aliphatic carbocycles. The zero-order valence-electron chi connectivity index (χ0n) is 17.5. The third-order valence-electron chi connectivity index (χ3n) is 4.96. The molecule has 1 saturated heterocycles. The van der Waals surface area contributed by atoms with Crippen molar-refractivity contribution in [2.24, 2.45) is 0 Å². The van der Waals surface area contributed by atoms with E-state index in [1.165, 1.54) is 0 Å². The molecule has 1 aliphatic rings. The molecule has 1 fully saturated rings. The minimum atomic E-state index is -4.03. The molecule has 11 heteroatoms. The maximum atomic E-state index is 12.8. The largest absolute Gasteiger partial charge is 0.312 e. The number of sulfonamides is 1. The van der Waals surface area contributed by atoms with Gasteiger partial charge < -0.3 is 4.90 Å². The predicted molar refractivity (Wildman–Crippen MR) is 123 cm³/mol. The number of hydrogen-bond donors (Lipinski definition) is 2. The predicted octanol–water partition coefficient (Wildman–Crippen LogP) is 3.33. The molecule has 2 amide bonds. The number of carbonyl (C=O) groups excluding carboxylic acids is 2. The zero-order valence-corrected chi connectivity index (χ0v) is 19.1. The lowest BCUT2D eigenvalue weighted by Crippen LogP contribution is -2.24. The number of amides is 2. The highest BCUT2D eigenvalue weighted by molar-refractivity contribution is 7.94. The molecule has 0 radical (unpaired) electrons. The maximum Gasteiger partial charge on any atom is 0.291 e. The molecule has 0 atom stereocenters. The second kappa shape index (κ2) is 8.67.